The van der Waals surface area contributed by atoms with Gasteiger partial charge in [0.1, 0.15) is 18.2 Å². The third-order valence-corrected chi connectivity index (χ3v) is 5.93. The van der Waals surface area contributed by atoms with Crippen molar-refractivity contribution in [3.8, 4) is 23.0 Å². The highest BCUT2D eigenvalue weighted by atomic mass is 16.7. The van der Waals surface area contributed by atoms with E-state index < -0.39 is 4.92 Å². The number of carbonyl (C=O) groups is 1. The van der Waals surface area contributed by atoms with Crippen molar-refractivity contribution in [1.29, 1.82) is 0 Å². The van der Waals surface area contributed by atoms with Crippen LogP contribution in [0.15, 0.2) is 60.4 Å². The molecule has 34 heavy (non-hydrogen) atoms. The Bertz CT molecular complexity index is 1360. The molecule has 3 aromatic carbocycles. The zero-order chi connectivity index (χ0) is 23.2. The van der Waals surface area contributed by atoms with Crippen LogP contribution in [0.2, 0.25) is 0 Å². The highest BCUT2D eigenvalue weighted by Gasteiger charge is 2.33. The molecule has 0 N–H and O–H groups in total. The van der Waals surface area contributed by atoms with Gasteiger partial charge < -0.3 is 18.9 Å². The number of carbonyl (C=O) groups excluding carboxylic acids is 1. The molecule has 3 aromatic rings. The lowest BCUT2D eigenvalue weighted by atomic mass is 10.0. The summed E-state index contributed by atoms with van der Waals surface area (Å²) in [4.78, 5) is 25.5. The second-order valence-corrected chi connectivity index (χ2v) is 8.16. The molecular weight excluding hydrogens is 440 g/mol. The van der Waals surface area contributed by atoms with Gasteiger partial charge >= 0.3 is 0 Å². The van der Waals surface area contributed by atoms with Gasteiger partial charge in [-0.15, -0.1) is 0 Å². The van der Waals surface area contributed by atoms with E-state index in [1.807, 2.05) is 18.2 Å². The van der Waals surface area contributed by atoms with E-state index in [0.717, 1.165) is 22.6 Å². The Hall–Kier alpha value is -4.37. The number of rotatable bonds is 4. The number of Topliss-reactive ketones (excluding diaryl/α,β-unsaturated/α-hetero) is 1. The van der Waals surface area contributed by atoms with Crippen LogP contribution in [0.5, 0.6) is 23.0 Å². The van der Waals surface area contributed by atoms with Crippen LogP contribution in [0.3, 0.4) is 0 Å². The number of hydrogen-bond donors (Lipinski definition) is 0. The van der Waals surface area contributed by atoms with E-state index in [4.69, 9.17) is 18.9 Å². The Kier molecular flexibility index (Phi) is 4.70. The molecule has 0 saturated heterocycles. The second-order valence-electron chi connectivity index (χ2n) is 8.16. The fourth-order valence-corrected chi connectivity index (χ4v) is 4.25. The molecule has 0 atom stereocenters. The van der Waals surface area contributed by atoms with Gasteiger partial charge in [0.15, 0.2) is 17.3 Å². The predicted molar refractivity (Wildman–Crippen MR) is 120 cm³/mol. The maximum absolute atomic E-state index is 13.0. The summed E-state index contributed by atoms with van der Waals surface area (Å²) in [6, 6.07) is 15.3. The molecule has 0 amide bonds. The van der Waals surface area contributed by atoms with Gasteiger partial charge in [-0.05, 0) is 53.6 Å². The van der Waals surface area contributed by atoms with Gasteiger partial charge in [0.2, 0.25) is 12.6 Å². The first-order valence-corrected chi connectivity index (χ1v) is 10.6. The molecule has 170 valence electrons. The SMILES string of the molecule is O=C1/C(=C/c2ccc([N+](=O)[O-])cc2)Oc2c1ccc1c2CN(Cc2ccc3c(c2)OCO3)CO1. The van der Waals surface area contributed by atoms with E-state index in [9.17, 15) is 14.9 Å². The quantitative estimate of drug-likeness (QED) is 0.324. The topological polar surface area (TPSA) is 100 Å². The molecule has 9 nitrogen and oxygen atoms in total. The Morgan fingerprint density at radius 1 is 0.971 bits per heavy atom. The second kappa shape index (κ2) is 7.89. The fourth-order valence-electron chi connectivity index (χ4n) is 4.25. The van der Waals surface area contributed by atoms with Gasteiger partial charge in [-0.2, -0.15) is 0 Å². The fraction of sp³-hybridized carbons (Fsp3) is 0.160. The molecule has 0 saturated carbocycles. The Labute approximate surface area is 193 Å². The molecule has 9 heteroatoms. The maximum atomic E-state index is 13.0. The molecule has 0 radical (unpaired) electrons. The Morgan fingerprint density at radius 2 is 1.76 bits per heavy atom. The molecule has 0 aromatic heterocycles. The number of fused-ring (bicyclic) bond motifs is 4. The number of nitrogens with zero attached hydrogens (tertiary/aromatic N) is 2. The number of nitro benzene ring substituents is 1. The summed E-state index contributed by atoms with van der Waals surface area (Å²) in [6.07, 6.45) is 1.59. The standard InChI is InChI=1S/C25H18N2O7/c28-24-18-6-8-20-19(25(18)34-23(24)9-15-1-4-17(5-2-15)27(29)30)12-26(13-31-20)11-16-3-7-21-22(10-16)33-14-32-21/h1-10H,11-14H2/b23-9-. The van der Waals surface area contributed by atoms with Gasteiger partial charge in [-0.25, -0.2) is 0 Å². The first-order chi connectivity index (χ1) is 16.5. The van der Waals surface area contributed by atoms with E-state index in [1.165, 1.54) is 12.1 Å². The van der Waals surface area contributed by atoms with E-state index in [0.29, 0.717) is 42.4 Å². The molecule has 0 bridgehead atoms. The van der Waals surface area contributed by atoms with Gasteiger partial charge in [0.05, 0.1) is 16.1 Å². The monoisotopic (exact) mass is 458 g/mol. The van der Waals surface area contributed by atoms with E-state index >= 15 is 0 Å². The third kappa shape index (κ3) is 3.52. The molecule has 0 fully saturated rings. The molecule has 0 spiro atoms. The van der Waals surface area contributed by atoms with Crippen LogP contribution in [0.4, 0.5) is 5.69 Å². The minimum Gasteiger partial charge on any atom is -0.478 e. The molecule has 0 unspecified atom stereocenters. The lowest BCUT2D eigenvalue weighted by Crippen LogP contribution is -2.31. The summed E-state index contributed by atoms with van der Waals surface area (Å²) in [6.45, 7) is 1.80. The van der Waals surface area contributed by atoms with Crippen molar-refractivity contribution in [2.45, 2.75) is 13.1 Å². The number of hydrogen-bond acceptors (Lipinski definition) is 8. The van der Waals surface area contributed by atoms with Crippen molar-refractivity contribution in [3.05, 3.63) is 92.7 Å². The van der Waals surface area contributed by atoms with Gasteiger partial charge in [-0.1, -0.05) is 6.07 Å². The van der Waals surface area contributed by atoms with Crippen molar-refractivity contribution in [1.82, 2.24) is 4.90 Å². The van der Waals surface area contributed by atoms with E-state index in [2.05, 4.69) is 4.90 Å². The van der Waals surface area contributed by atoms with Crippen LogP contribution >= 0.6 is 0 Å². The van der Waals surface area contributed by atoms with Crippen LogP contribution in [0.1, 0.15) is 27.0 Å². The van der Waals surface area contributed by atoms with Crippen LogP contribution in [0, 0.1) is 10.1 Å². The van der Waals surface area contributed by atoms with Crippen molar-refractivity contribution in [3.63, 3.8) is 0 Å². The Balaban J connectivity index is 1.24. The highest BCUT2D eigenvalue weighted by Crippen LogP contribution is 2.42. The highest BCUT2D eigenvalue weighted by molar-refractivity contribution is 6.15. The van der Waals surface area contributed by atoms with E-state index in [-0.39, 0.29) is 24.0 Å². The molecule has 3 heterocycles. The smallest absolute Gasteiger partial charge is 0.269 e. The average Bonchev–Trinajstić information content (AvgIpc) is 3.44. The van der Waals surface area contributed by atoms with Crippen LogP contribution in [-0.2, 0) is 13.1 Å². The summed E-state index contributed by atoms with van der Waals surface area (Å²) in [5, 5.41) is 10.9. The number of nitro groups is 1. The number of ketones is 1. The third-order valence-electron chi connectivity index (χ3n) is 5.93. The first kappa shape index (κ1) is 20.3. The van der Waals surface area contributed by atoms with Crippen LogP contribution in [-0.4, -0.2) is 29.1 Å². The van der Waals surface area contributed by atoms with Gasteiger partial charge in [0, 0.05) is 25.2 Å². The Morgan fingerprint density at radius 3 is 2.59 bits per heavy atom. The lowest BCUT2D eigenvalue weighted by Gasteiger charge is -2.29. The average molecular weight is 458 g/mol. The zero-order valence-corrected chi connectivity index (χ0v) is 17.9. The normalized spacial score (nSPS) is 17.2. The van der Waals surface area contributed by atoms with Gasteiger partial charge in [0.25, 0.3) is 5.69 Å². The summed E-state index contributed by atoms with van der Waals surface area (Å²) >= 11 is 0. The van der Waals surface area contributed by atoms with E-state index in [1.54, 1.807) is 30.3 Å². The van der Waals surface area contributed by atoms with Crippen LogP contribution < -0.4 is 18.9 Å². The zero-order valence-electron chi connectivity index (χ0n) is 17.9. The minimum atomic E-state index is -0.467. The summed E-state index contributed by atoms with van der Waals surface area (Å²) in [5.74, 6) is 2.58. The molecular formula is C25H18N2O7. The van der Waals surface area contributed by atoms with Crippen molar-refractivity contribution < 1.29 is 28.7 Å². The number of non-ortho nitro benzene ring substituents is 1. The first-order valence-electron chi connectivity index (χ1n) is 10.6. The summed E-state index contributed by atoms with van der Waals surface area (Å²) in [5.41, 5.74) is 2.96. The van der Waals surface area contributed by atoms with Crippen molar-refractivity contribution in [2.24, 2.45) is 0 Å². The lowest BCUT2D eigenvalue weighted by molar-refractivity contribution is -0.384. The summed E-state index contributed by atoms with van der Waals surface area (Å²) in [7, 11) is 0. The maximum Gasteiger partial charge on any atom is 0.269 e. The van der Waals surface area contributed by atoms with Crippen molar-refractivity contribution >= 4 is 17.5 Å². The molecule has 3 aliphatic heterocycles. The van der Waals surface area contributed by atoms with Crippen LogP contribution in [0.25, 0.3) is 6.08 Å². The minimum absolute atomic E-state index is 0.0159. The van der Waals surface area contributed by atoms with Gasteiger partial charge in [-0.3, -0.25) is 19.8 Å². The predicted octanol–water partition coefficient (Wildman–Crippen LogP) is 4.29. The largest absolute Gasteiger partial charge is 0.478 e. The number of ether oxygens (including phenoxy) is 4. The van der Waals surface area contributed by atoms with Crippen molar-refractivity contribution in [2.75, 3.05) is 13.5 Å². The number of benzene rings is 3. The summed E-state index contributed by atoms with van der Waals surface area (Å²) < 4.78 is 22.8. The molecule has 3 aliphatic rings. The molecule has 6 rings (SSSR count). The molecule has 0 aliphatic carbocycles. The number of allylic oxidation sites excluding steroid dienone is 1.